The number of nitrogens with one attached hydrogen (secondary N) is 1. The van der Waals surface area contributed by atoms with E-state index in [1.807, 2.05) is 31.3 Å². The van der Waals surface area contributed by atoms with Gasteiger partial charge in [0.05, 0.1) is 6.04 Å². The molecule has 2 amide bonds. The molecule has 28 heavy (non-hydrogen) atoms. The summed E-state index contributed by atoms with van der Waals surface area (Å²) in [6.07, 6.45) is 1.82. The molecule has 5 nitrogen and oxygen atoms in total. The molecule has 148 valence electrons. The van der Waals surface area contributed by atoms with Crippen molar-refractivity contribution in [2.45, 2.75) is 38.9 Å². The van der Waals surface area contributed by atoms with Gasteiger partial charge < -0.3 is 10.2 Å². The third kappa shape index (κ3) is 5.16. The van der Waals surface area contributed by atoms with Crippen molar-refractivity contribution < 1.29 is 14.0 Å². The number of benzene rings is 2. The van der Waals surface area contributed by atoms with Gasteiger partial charge in [-0.05, 0) is 54.8 Å². The standard InChI is InChI=1S/C22H26FN3O2/c1-16(27)24-20-11-7-17(8-12-20)14-25(2)22(28)21-4-3-13-26(21)15-18-5-9-19(23)10-6-18/h5-12,21H,3-4,13-15H2,1-2H3,(H,24,27). The average Bonchev–Trinajstić information content (AvgIpc) is 3.12. The minimum absolute atomic E-state index is 0.102. The molecule has 1 aliphatic rings. The van der Waals surface area contributed by atoms with E-state index in [1.54, 1.807) is 17.0 Å². The monoisotopic (exact) mass is 383 g/mol. The highest BCUT2D eigenvalue weighted by atomic mass is 19.1. The molecule has 6 heteroatoms. The van der Waals surface area contributed by atoms with Crippen molar-refractivity contribution in [3.8, 4) is 0 Å². The summed E-state index contributed by atoms with van der Waals surface area (Å²) < 4.78 is 13.1. The maximum absolute atomic E-state index is 13.1. The maximum atomic E-state index is 13.1. The Morgan fingerprint density at radius 1 is 1.11 bits per heavy atom. The summed E-state index contributed by atoms with van der Waals surface area (Å²) in [5, 5.41) is 2.74. The first-order valence-corrected chi connectivity index (χ1v) is 9.52. The van der Waals surface area contributed by atoms with E-state index in [-0.39, 0.29) is 23.7 Å². The number of carbonyl (C=O) groups is 2. The Bertz CT molecular complexity index is 821. The third-order valence-corrected chi connectivity index (χ3v) is 5.02. The third-order valence-electron chi connectivity index (χ3n) is 5.02. The van der Waals surface area contributed by atoms with Gasteiger partial charge in [0.2, 0.25) is 11.8 Å². The van der Waals surface area contributed by atoms with Crippen LogP contribution in [0.1, 0.15) is 30.9 Å². The maximum Gasteiger partial charge on any atom is 0.239 e. The molecule has 0 saturated carbocycles. The van der Waals surface area contributed by atoms with Crippen molar-refractivity contribution in [2.75, 3.05) is 18.9 Å². The highest BCUT2D eigenvalue weighted by Gasteiger charge is 2.32. The average molecular weight is 383 g/mol. The molecule has 0 aromatic heterocycles. The van der Waals surface area contributed by atoms with Gasteiger partial charge in [0.15, 0.2) is 0 Å². The molecule has 1 fully saturated rings. The zero-order chi connectivity index (χ0) is 20.1. The van der Waals surface area contributed by atoms with Crippen molar-refractivity contribution in [1.82, 2.24) is 9.80 Å². The van der Waals surface area contributed by atoms with Crippen molar-refractivity contribution in [2.24, 2.45) is 0 Å². The first-order valence-electron chi connectivity index (χ1n) is 9.52. The number of rotatable bonds is 6. The normalized spacial score (nSPS) is 16.8. The number of halogens is 1. The molecule has 1 aliphatic heterocycles. The van der Waals surface area contributed by atoms with Gasteiger partial charge in [-0.1, -0.05) is 24.3 Å². The largest absolute Gasteiger partial charge is 0.340 e. The predicted molar refractivity (Wildman–Crippen MR) is 107 cm³/mol. The van der Waals surface area contributed by atoms with Gasteiger partial charge >= 0.3 is 0 Å². The van der Waals surface area contributed by atoms with Crippen LogP contribution in [-0.4, -0.2) is 41.2 Å². The molecule has 0 bridgehead atoms. The summed E-state index contributed by atoms with van der Waals surface area (Å²) in [4.78, 5) is 28.0. The fourth-order valence-electron chi connectivity index (χ4n) is 3.62. The van der Waals surface area contributed by atoms with E-state index in [1.165, 1.54) is 19.1 Å². The second kappa shape index (κ2) is 8.97. The van der Waals surface area contributed by atoms with Crippen LogP contribution in [0.15, 0.2) is 48.5 Å². The van der Waals surface area contributed by atoms with Gasteiger partial charge in [-0.25, -0.2) is 4.39 Å². The second-order valence-electron chi connectivity index (χ2n) is 7.33. The molecular weight excluding hydrogens is 357 g/mol. The van der Waals surface area contributed by atoms with E-state index in [9.17, 15) is 14.0 Å². The van der Waals surface area contributed by atoms with Gasteiger partial charge in [0.25, 0.3) is 0 Å². The van der Waals surface area contributed by atoms with E-state index in [2.05, 4.69) is 10.2 Å². The molecule has 1 atom stereocenters. The Morgan fingerprint density at radius 3 is 2.39 bits per heavy atom. The Labute approximate surface area is 165 Å². The van der Waals surface area contributed by atoms with Crippen molar-refractivity contribution >= 4 is 17.5 Å². The smallest absolute Gasteiger partial charge is 0.239 e. The Balaban J connectivity index is 1.59. The fraction of sp³-hybridized carbons (Fsp3) is 0.364. The van der Waals surface area contributed by atoms with Crippen LogP contribution >= 0.6 is 0 Å². The molecule has 0 spiro atoms. The number of nitrogens with zero attached hydrogens (tertiary/aromatic N) is 2. The van der Waals surface area contributed by atoms with Crippen LogP contribution in [0.2, 0.25) is 0 Å². The Kier molecular flexibility index (Phi) is 6.41. The summed E-state index contributed by atoms with van der Waals surface area (Å²) in [5.74, 6) is -0.255. The lowest BCUT2D eigenvalue weighted by Gasteiger charge is -2.28. The van der Waals surface area contributed by atoms with Crippen LogP contribution < -0.4 is 5.32 Å². The first-order chi connectivity index (χ1) is 13.4. The molecule has 0 radical (unpaired) electrons. The van der Waals surface area contributed by atoms with Gasteiger partial charge in [-0.2, -0.15) is 0 Å². The molecular formula is C22H26FN3O2. The minimum atomic E-state index is -0.248. The zero-order valence-corrected chi connectivity index (χ0v) is 16.3. The lowest BCUT2D eigenvalue weighted by atomic mass is 10.1. The van der Waals surface area contributed by atoms with E-state index in [0.717, 1.165) is 36.2 Å². The molecule has 2 aromatic rings. The summed E-state index contributed by atoms with van der Waals surface area (Å²) in [5.41, 5.74) is 2.76. The zero-order valence-electron chi connectivity index (χ0n) is 16.3. The summed E-state index contributed by atoms with van der Waals surface area (Å²) in [6.45, 7) is 3.50. The van der Waals surface area contributed by atoms with Crippen molar-refractivity contribution in [3.05, 3.63) is 65.5 Å². The molecule has 3 rings (SSSR count). The lowest BCUT2D eigenvalue weighted by molar-refractivity contribution is -0.135. The van der Waals surface area contributed by atoms with Gasteiger partial charge in [-0.15, -0.1) is 0 Å². The van der Waals surface area contributed by atoms with Crippen molar-refractivity contribution in [1.29, 1.82) is 0 Å². The van der Waals surface area contributed by atoms with Crippen LogP contribution in [-0.2, 0) is 22.7 Å². The number of amides is 2. The fourth-order valence-corrected chi connectivity index (χ4v) is 3.62. The number of hydrogen-bond acceptors (Lipinski definition) is 3. The summed E-state index contributed by atoms with van der Waals surface area (Å²) >= 11 is 0. The van der Waals surface area contributed by atoms with Gasteiger partial charge in [0.1, 0.15) is 5.82 Å². The predicted octanol–water partition coefficient (Wildman–Crippen LogP) is 3.41. The Hall–Kier alpha value is -2.73. The molecule has 1 unspecified atom stereocenters. The van der Waals surface area contributed by atoms with Crippen LogP contribution in [0.3, 0.4) is 0 Å². The molecule has 1 saturated heterocycles. The number of carbonyl (C=O) groups excluding carboxylic acids is 2. The number of hydrogen-bond donors (Lipinski definition) is 1. The van der Waals surface area contributed by atoms with E-state index in [4.69, 9.17) is 0 Å². The highest BCUT2D eigenvalue weighted by molar-refractivity contribution is 5.88. The number of likely N-dealkylation sites (tertiary alicyclic amines) is 1. The van der Waals surface area contributed by atoms with E-state index < -0.39 is 0 Å². The minimum Gasteiger partial charge on any atom is -0.340 e. The topological polar surface area (TPSA) is 52.7 Å². The lowest BCUT2D eigenvalue weighted by Crippen LogP contribution is -2.43. The SMILES string of the molecule is CC(=O)Nc1ccc(CN(C)C(=O)C2CCCN2Cc2ccc(F)cc2)cc1. The van der Waals surface area contributed by atoms with E-state index in [0.29, 0.717) is 13.1 Å². The summed E-state index contributed by atoms with van der Waals surface area (Å²) in [6, 6.07) is 13.8. The van der Waals surface area contributed by atoms with Gasteiger partial charge in [-0.3, -0.25) is 14.5 Å². The van der Waals surface area contributed by atoms with Crippen LogP contribution in [0.5, 0.6) is 0 Å². The molecule has 1 N–H and O–H groups in total. The van der Waals surface area contributed by atoms with Crippen molar-refractivity contribution in [3.63, 3.8) is 0 Å². The van der Waals surface area contributed by atoms with Crippen LogP contribution in [0.4, 0.5) is 10.1 Å². The molecule has 2 aromatic carbocycles. The Morgan fingerprint density at radius 2 is 1.75 bits per heavy atom. The number of anilines is 1. The van der Waals surface area contributed by atoms with E-state index >= 15 is 0 Å². The van der Waals surface area contributed by atoms with Crippen LogP contribution in [0, 0.1) is 5.82 Å². The molecule has 0 aliphatic carbocycles. The van der Waals surface area contributed by atoms with Crippen LogP contribution in [0.25, 0.3) is 0 Å². The quantitative estimate of drug-likeness (QED) is 0.832. The molecule has 1 heterocycles. The first kappa shape index (κ1) is 20.0. The van der Waals surface area contributed by atoms with Gasteiger partial charge in [0, 0.05) is 32.7 Å². The summed E-state index contributed by atoms with van der Waals surface area (Å²) in [7, 11) is 1.82. The highest BCUT2D eigenvalue weighted by Crippen LogP contribution is 2.22. The second-order valence-corrected chi connectivity index (χ2v) is 7.33. The number of likely N-dealkylation sites (N-methyl/N-ethyl adjacent to an activating group) is 1.